The van der Waals surface area contributed by atoms with Gasteiger partial charge in [-0.15, -0.1) is 17.9 Å². The molecule has 1 N–H and O–H groups in total. The third kappa shape index (κ3) is 4.00. The highest BCUT2D eigenvalue weighted by Crippen LogP contribution is 2.34. The van der Waals surface area contributed by atoms with Crippen molar-refractivity contribution in [2.75, 3.05) is 6.54 Å². The molecule has 0 fully saturated rings. The van der Waals surface area contributed by atoms with E-state index in [4.69, 9.17) is 0 Å². The summed E-state index contributed by atoms with van der Waals surface area (Å²) in [6.45, 7) is 4.52. The molecule has 0 spiro atoms. The Morgan fingerprint density at radius 3 is 2.97 bits per heavy atom. The highest BCUT2D eigenvalue weighted by Gasteiger charge is 2.30. The number of thiophene rings is 1. The summed E-state index contributed by atoms with van der Waals surface area (Å²) in [7, 11) is 0. The Balaban J connectivity index is 1.66. The monoisotopic (exact) mass is 419 g/mol. The van der Waals surface area contributed by atoms with Crippen molar-refractivity contribution in [1.82, 2.24) is 14.9 Å². The summed E-state index contributed by atoms with van der Waals surface area (Å²) in [6, 6.07) is 5.40. The number of benzene rings is 1. The van der Waals surface area contributed by atoms with Gasteiger partial charge >= 0.3 is 6.18 Å². The summed E-state index contributed by atoms with van der Waals surface area (Å²) in [5.74, 6) is 0. The van der Waals surface area contributed by atoms with Crippen LogP contribution in [-0.4, -0.2) is 22.1 Å². The molecule has 4 rings (SSSR count). The molecule has 1 atom stereocenters. The number of hydrogen-bond donors (Lipinski definition) is 1. The number of fused-ring (bicyclic) bond motifs is 3. The molecular weight excluding hydrogens is 399 g/mol. The van der Waals surface area contributed by atoms with E-state index in [1.54, 1.807) is 6.07 Å². The minimum atomic E-state index is -4.41. The van der Waals surface area contributed by atoms with Crippen molar-refractivity contribution in [2.24, 2.45) is 0 Å². The zero-order valence-corrected chi connectivity index (χ0v) is 16.4. The molecule has 0 aliphatic heterocycles. The molecular formula is C21H20F3N3OS. The summed E-state index contributed by atoms with van der Waals surface area (Å²) in [4.78, 5) is 19.4. The van der Waals surface area contributed by atoms with Crippen molar-refractivity contribution >= 4 is 21.6 Å². The molecule has 4 nitrogen and oxygen atoms in total. The highest BCUT2D eigenvalue weighted by molar-refractivity contribution is 7.18. The molecule has 2 heterocycles. The topological polar surface area (TPSA) is 46.9 Å². The van der Waals surface area contributed by atoms with Crippen LogP contribution in [0.5, 0.6) is 0 Å². The molecule has 1 aromatic carbocycles. The first-order valence-corrected chi connectivity index (χ1v) is 10.2. The van der Waals surface area contributed by atoms with E-state index >= 15 is 0 Å². The fourth-order valence-corrected chi connectivity index (χ4v) is 5.04. The Morgan fingerprint density at radius 1 is 1.38 bits per heavy atom. The van der Waals surface area contributed by atoms with Gasteiger partial charge in [0.05, 0.1) is 23.8 Å². The maximum absolute atomic E-state index is 13.1. The molecule has 1 aliphatic carbocycles. The second-order valence-electron chi connectivity index (χ2n) is 7.20. The van der Waals surface area contributed by atoms with Crippen LogP contribution in [0.2, 0.25) is 0 Å². The van der Waals surface area contributed by atoms with E-state index in [0.29, 0.717) is 21.8 Å². The third-order valence-corrected chi connectivity index (χ3v) is 6.36. The van der Waals surface area contributed by atoms with E-state index in [-0.39, 0.29) is 12.1 Å². The minimum absolute atomic E-state index is 0.0554. The van der Waals surface area contributed by atoms with Crippen LogP contribution < -0.4 is 10.9 Å². The lowest BCUT2D eigenvalue weighted by Gasteiger charge is -2.22. The van der Waals surface area contributed by atoms with Crippen LogP contribution in [0.4, 0.5) is 13.2 Å². The molecule has 0 amide bonds. The van der Waals surface area contributed by atoms with E-state index in [1.807, 2.05) is 6.08 Å². The normalized spacial score (nSPS) is 16.7. The third-order valence-electron chi connectivity index (χ3n) is 5.19. The summed E-state index contributed by atoms with van der Waals surface area (Å²) >= 11 is 1.53. The van der Waals surface area contributed by atoms with E-state index < -0.39 is 11.7 Å². The molecule has 0 saturated heterocycles. The first kappa shape index (κ1) is 19.8. The van der Waals surface area contributed by atoms with E-state index in [1.165, 1.54) is 28.3 Å². The fraction of sp³-hybridized carbons (Fsp3) is 0.333. The number of nitrogens with zero attached hydrogens (tertiary/aromatic N) is 2. The molecule has 0 unspecified atom stereocenters. The fourth-order valence-electron chi connectivity index (χ4n) is 3.78. The van der Waals surface area contributed by atoms with Crippen LogP contribution >= 0.6 is 11.3 Å². The summed E-state index contributed by atoms with van der Waals surface area (Å²) in [5.41, 5.74) is 0.545. The van der Waals surface area contributed by atoms with Crippen molar-refractivity contribution in [3.8, 4) is 0 Å². The second kappa shape index (κ2) is 7.76. The molecule has 0 bridgehead atoms. The standard InChI is InChI=1S/C21H20F3N3OS/c1-2-8-25-15-6-7-16-17(10-15)29-19-18(16)20(28)27(12-26-19)11-13-4-3-5-14(9-13)21(22,23)24/h2-5,9,12,15,25H,1,6-8,10-11H2/t15-/m1/s1. The van der Waals surface area contributed by atoms with Crippen molar-refractivity contribution in [3.05, 3.63) is 75.2 Å². The van der Waals surface area contributed by atoms with Gasteiger partial charge in [0.15, 0.2) is 0 Å². The van der Waals surface area contributed by atoms with Gasteiger partial charge in [-0.3, -0.25) is 9.36 Å². The zero-order valence-electron chi connectivity index (χ0n) is 15.6. The number of aryl methyl sites for hydroxylation is 1. The Kier molecular flexibility index (Phi) is 5.31. The number of nitrogens with one attached hydrogen (secondary N) is 1. The van der Waals surface area contributed by atoms with E-state index in [0.717, 1.165) is 48.4 Å². The van der Waals surface area contributed by atoms with Crippen molar-refractivity contribution < 1.29 is 13.2 Å². The number of halogens is 3. The van der Waals surface area contributed by atoms with Crippen LogP contribution in [-0.2, 0) is 25.6 Å². The molecule has 2 aromatic heterocycles. The van der Waals surface area contributed by atoms with Gasteiger partial charge in [-0.25, -0.2) is 4.98 Å². The van der Waals surface area contributed by atoms with Crippen molar-refractivity contribution in [3.63, 3.8) is 0 Å². The number of rotatable bonds is 5. The maximum atomic E-state index is 13.1. The first-order chi connectivity index (χ1) is 13.9. The van der Waals surface area contributed by atoms with Gasteiger partial charge in [-0.2, -0.15) is 13.2 Å². The molecule has 0 radical (unpaired) electrons. The molecule has 8 heteroatoms. The molecule has 29 heavy (non-hydrogen) atoms. The average molecular weight is 419 g/mol. The molecule has 1 aliphatic rings. The zero-order chi connectivity index (χ0) is 20.6. The number of hydrogen-bond acceptors (Lipinski definition) is 4. The molecule has 152 valence electrons. The van der Waals surface area contributed by atoms with E-state index in [2.05, 4.69) is 16.9 Å². The van der Waals surface area contributed by atoms with E-state index in [9.17, 15) is 18.0 Å². The van der Waals surface area contributed by atoms with Crippen LogP contribution in [0.15, 0.2) is 48.0 Å². The SMILES string of the molecule is C=CCN[C@@H]1CCc2c(sc3ncn(Cc4cccc(C(F)(F)F)c4)c(=O)c23)C1. The summed E-state index contributed by atoms with van der Waals surface area (Å²) in [6.07, 6.45) is 1.40. The Bertz CT molecular complexity index is 1120. The predicted molar refractivity (Wildman–Crippen MR) is 108 cm³/mol. The largest absolute Gasteiger partial charge is 0.416 e. The van der Waals surface area contributed by atoms with Crippen LogP contribution in [0.3, 0.4) is 0 Å². The maximum Gasteiger partial charge on any atom is 0.416 e. The van der Waals surface area contributed by atoms with Gasteiger partial charge in [0.1, 0.15) is 4.83 Å². The van der Waals surface area contributed by atoms with Crippen molar-refractivity contribution in [2.45, 2.75) is 38.0 Å². The number of aromatic nitrogens is 2. The summed E-state index contributed by atoms with van der Waals surface area (Å²) in [5, 5.41) is 4.04. The predicted octanol–water partition coefficient (Wildman–Crippen LogP) is 4.16. The smallest absolute Gasteiger partial charge is 0.310 e. The highest BCUT2D eigenvalue weighted by atomic mass is 32.1. The molecule has 3 aromatic rings. The Morgan fingerprint density at radius 2 is 2.21 bits per heavy atom. The van der Waals surface area contributed by atoms with Gasteiger partial charge in [-0.05, 0) is 42.5 Å². The van der Waals surface area contributed by atoms with Gasteiger partial charge < -0.3 is 5.32 Å². The van der Waals surface area contributed by atoms with Crippen LogP contribution in [0.25, 0.3) is 10.2 Å². The van der Waals surface area contributed by atoms with Gasteiger partial charge in [0.25, 0.3) is 5.56 Å². The lowest BCUT2D eigenvalue weighted by atomic mass is 9.93. The van der Waals surface area contributed by atoms with Crippen LogP contribution in [0.1, 0.15) is 28.0 Å². The summed E-state index contributed by atoms with van der Waals surface area (Å²) < 4.78 is 40.3. The van der Waals surface area contributed by atoms with Gasteiger partial charge in [-0.1, -0.05) is 18.2 Å². The Labute approximate surface area is 169 Å². The lowest BCUT2D eigenvalue weighted by molar-refractivity contribution is -0.137. The van der Waals surface area contributed by atoms with Crippen molar-refractivity contribution in [1.29, 1.82) is 0 Å². The minimum Gasteiger partial charge on any atom is -0.310 e. The molecule has 0 saturated carbocycles. The quantitative estimate of drug-likeness (QED) is 0.632. The second-order valence-corrected chi connectivity index (χ2v) is 8.28. The lowest BCUT2D eigenvalue weighted by Crippen LogP contribution is -2.34. The number of alkyl halides is 3. The van der Waals surface area contributed by atoms with Crippen LogP contribution in [0, 0.1) is 0 Å². The van der Waals surface area contributed by atoms with Gasteiger partial charge in [0.2, 0.25) is 0 Å². The van der Waals surface area contributed by atoms with Gasteiger partial charge in [0, 0.05) is 17.5 Å². The average Bonchev–Trinajstić information content (AvgIpc) is 3.06. The Hall–Kier alpha value is -2.45. The first-order valence-electron chi connectivity index (χ1n) is 9.37.